The number of alkyl halides is 1. The monoisotopic (exact) mass is 298 g/mol. The first-order chi connectivity index (χ1) is 9.10. The summed E-state index contributed by atoms with van der Waals surface area (Å²) in [4.78, 5) is 0. The summed E-state index contributed by atoms with van der Waals surface area (Å²) in [6, 6.07) is 11.9. The van der Waals surface area contributed by atoms with E-state index in [4.69, 9.17) is 27.9 Å². The first-order valence-electron chi connectivity index (χ1n) is 5.82. The van der Waals surface area contributed by atoms with Crippen LogP contribution in [-0.4, -0.2) is 7.11 Å². The summed E-state index contributed by atoms with van der Waals surface area (Å²) < 4.78 is 18.2. The highest BCUT2D eigenvalue weighted by Crippen LogP contribution is 2.31. The van der Waals surface area contributed by atoms with Crippen LogP contribution in [0.3, 0.4) is 0 Å². The lowest BCUT2D eigenvalue weighted by atomic mass is 10.0. The third-order valence-electron chi connectivity index (χ3n) is 2.85. The van der Waals surface area contributed by atoms with Crippen LogP contribution < -0.4 is 4.74 Å². The van der Waals surface area contributed by atoms with Crippen LogP contribution in [0.1, 0.15) is 16.5 Å². The Labute approximate surface area is 121 Å². The second kappa shape index (κ2) is 6.27. The predicted molar refractivity (Wildman–Crippen MR) is 76.7 cm³/mol. The van der Waals surface area contributed by atoms with Gasteiger partial charge in [-0.25, -0.2) is 4.39 Å². The molecule has 0 radical (unpaired) electrons. The minimum atomic E-state index is -0.362. The Morgan fingerprint density at radius 3 is 2.68 bits per heavy atom. The fourth-order valence-corrected chi connectivity index (χ4v) is 2.60. The van der Waals surface area contributed by atoms with Gasteiger partial charge in [0.15, 0.2) is 0 Å². The lowest BCUT2D eigenvalue weighted by Crippen LogP contribution is -1.98. The van der Waals surface area contributed by atoms with Crippen molar-refractivity contribution in [2.45, 2.75) is 11.8 Å². The molecule has 1 nitrogen and oxygen atoms in total. The van der Waals surface area contributed by atoms with Crippen molar-refractivity contribution in [3.05, 3.63) is 64.4 Å². The van der Waals surface area contributed by atoms with E-state index in [-0.39, 0.29) is 11.2 Å². The van der Waals surface area contributed by atoms with Crippen LogP contribution in [-0.2, 0) is 6.42 Å². The lowest BCUT2D eigenvalue weighted by molar-refractivity contribution is 0.414. The molecule has 1 atom stereocenters. The Morgan fingerprint density at radius 2 is 2.00 bits per heavy atom. The number of hydrogen-bond donors (Lipinski definition) is 0. The van der Waals surface area contributed by atoms with Crippen molar-refractivity contribution in [3.63, 3.8) is 0 Å². The highest BCUT2D eigenvalue weighted by Gasteiger charge is 2.13. The Kier molecular flexibility index (Phi) is 4.67. The molecule has 0 saturated carbocycles. The SMILES string of the molecule is COc1cccc(CC(Cl)c2ccc(F)cc2Cl)c1. The van der Waals surface area contributed by atoms with Crippen LogP contribution in [0.25, 0.3) is 0 Å². The van der Waals surface area contributed by atoms with Gasteiger partial charge in [0.25, 0.3) is 0 Å². The molecule has 0 N–H and O–H groups in total. The maximum Gasteiger partial charge on any atom is 0.124 e. The third kappa shape index (κ3) is 3.62. The van der Waals surface area contributed by atoms with Crippen molar-refractivity contribution in [1.29, 1.82) is 0 Å². The van der Waals surface area contributed by atoms with E-state index in [9.17, 15) is 4.39 Å². The second-order valence-corrected chi connectivity index (χ2v) is 5.12. The first kappa shape index (κ1) is 14.2. The zero-order valence-electron chi connectivity index (χ0n) is 10.4. The van der Waals surface area contributed by atoms with Crippen molar-refractivity contribution in [2.75, 3.05) is 7.11 Å². The topological polar surface area (TPSA) is 9.23 Å². The van der Waals surface area contributed by atoms with Gasteiger partial charge in [0, 0.05) is 5.02 Å². The van der Waals surface area contributed by atoms with E-state index in [1.54, 1.807) is 13.2 Å². The summed E-state index contributed by atoms with van der Waals surface area (Å²) in [6.07, 6.45) is 0.601. The number of benzene rings is 2. The number of halogens is 3. The molecule has 1 unspecified atom stereocenters. The van der Waals surface area contributed by atoms with Crippen LogP contribution in [0.2, 0.25) is 5.02 Å². The normalized spacial score (nSPS) is 12.2. The molecule has 0 bridgehead atoms. The number of hydrogen-bond acceptors (Lipinski definition) is 1. The van der Waals surface area contributed by atoms with Gasteiger partial charge in [-0.2, -0.15) is 0 Å². The average molecular weight is 299 g/mol. The van der Waals surface area contributed by atoms with Crippen LogP contribution in [0.4, 0.5) is 4.39 Å². The third-order valence-corrected chi connectivity index (χ3v) is 3.57. The molecule has 2 aromatic rings. The highest BCUT2D eigenvalue weighted by molar-refractivity contribution is 6.32. The molecular formula is C15H13Cl2FO. The molecule has 0 amide bonds. The molecule has 0 fully saturated rings. The highest BCUT2D eigenvalue weighted by atomic mass is 35.5. The van der Waals surface area contributed by atoms with Crippen molar-refractivity contribution in [3.8, 4) is 5.75 Å². The van der Waals surface area contributed by atoms with E-state index in [1.165, 1.54) is 12.1 Å². The van der Waals surface area contributed by atoms with E-state index in [1.807, 2.05) is 24.3 Å². The molecule has 100 valence electrons. The Bertz CT molecular complexity index is 572. The number of ether oxygens (including phenoxy) is 1. The Balaban J connectivity index is 2.17. The first-order valence-corrected chi connectivity index (χ1v) is 6.63. The minimum absolute atomic E-state index is 0.305. The molecule has 2 aromatic carbocycles. The van der Waals surface area contributed by atoms with Gasteiger partial charge in [0.05, 0.1) is 12.5 Å². The lowest BCUT2D eigenvalue weighted by Gasteiger charge is -2.12. The maximum absolute atomic E-state index is 13.0. The molecule has 19 heavy (non-hydrogen) atoms. The molecule has 2 rings (SSSR count). The fourth-order valence-electron chi connectivity index (χ4n) is 1.87. The van der Waals surface area contributed by atoms with Crippen molar-refractivity contribution < 1.29 is 9.13 Å². The molecule has 0 heterocycles. The molecule has 0 aliphatic heterocycles. The summed E-state index contributed by atoms with van der Waals surface area (Å²) in [6.45, 7) is 0. The zero-order valence-corrected chi connectivity index (χ0v) is 11.9. The Hall–Kier alpha value is -1.25. The van der Waals surface area contributed by atoms with E-state index in [0.717, 1.165) is 16.9 Å². The van der Waals surface area contributed by atoms with Gasteiger partial charge >= 0.3 is 0 Å². The summed E-state index contributed by atoms with van der Waals surface area (Å²) in [5, 5.41) is 0.0445. The smallest absolute Gasteiger partial charge is 0.124 e. The van der Waals surface area contributed by atoms with Crippen molar-refractivity contribution >= 4 is 23.2 Å². The molecule has 0 aliphatic carbocycles. The van der Waals surface area contributed by atoms with Gasteiger partial charge in [-0.3, -0.25) is 0 Å². The van der Waals surface area contributed by atoms with Crippen LogP contribution >= 0.6 is 23.2 Å². The van der Waals surface area contributed by atoms with Gasteiger partial charge in [-0.05, 0) is 41.8 Å². The largest absolute Gasteiger partial charge is 0.497 e. The molecule has 0 aliphatic rings. The van der Waals surface area contributed by atoms with Gasteiger partial charge in [0.1, 0.15) is 11.6 Å². The van der Waals surface area contributed by atoms with Gasteiger partial charge in [-0.1, -0.05) is 29.8 Å². The van der Waals surface area contributed by atoms with Gasteiger partial charge in [-0.15, -0.1) is 11.6 Å². The Morgan fingerprint density at radius 1 is 1.21 bits per heavy atom. The van der Waals surface area contributed by atoms with E-state index < -0.39 is 0 Å². The fraction of sp³-hybridized carbons (Fsp3) is 0.200. The second-order valence-electron chi connectivity index (χ2n) is 4.19. The molecular weight excluding hydrogens is 286 g/mol. The standard InChI is InChI=1S/C15H13Cl2FO/c1-19-12-4-2-3-10(7-12)8-14(16)13-6-5-11(18)9-15(13)17/h2-7,9,14H,8H2,1H3. The summed E-state index contributed by atoms with van der Waals surface area (Å²) in [5.41, 5.74) is 1.77. The van der Waals surface area contributed by atoms with Crippen molar-refractivity contribution in [1.82, 2.24) is 0 Å². The quantitative estimate of drug-likeness (QED) is 0.721. The van der Waals surface area contributed by atoms with Crippen LogP contribution in [0.15, 0.2) is 42.5 Å². The van der Waals surface area contributed by atoms with Gasteiger partial charge < -0.3 is 4.74 Å². The minimum Gasteiger partial charge on any atom is -0.497 e. The molecule has 0 aromatic heterocycles. The number of methoxy groups -OCH3 is 1. The summed E-state index contributed by atoms with van der Waals surface area (Å²) in [5.74, 6) is 0.422. The predicted octanol–water partition coefficient (Wildman–Crippen LogP) is 5.01. The summed E-state index contributed by atoms with van der Waals surface area (Å²) >= 11 is 12.3. The maximum atomic E-state index is 13.0. The molecule has 0 spiro atoms. The average Bonchev–Trinajstić information content (AvgIpc) is 2.38. The van der Waals surface area contributed by atoms with E-state index in [2.05, 4.69) is 0 Å². The van der Waals surface area contributed by atoms with Crippen LogP contribution in [0.5, 0.6) is 5.75 Å². The van der Waals surface area contributed by atoms with Crippen LogP contribution in [0, 0.1) is 5.82 Å². The van der Waals surface area contributed by atoms with Crippen molar-refractivity contribution in [2.24, 2.45) is 0 Å². The zero-order chi connectivity index (χ0) is 13.8. The van der Waals surface area contributed by atoms with Gasteiger partial charge in [0.2, 0.25) is 0 Å². The van der Waals surface area contributed by atoms with E-state index >= 15 is 0 Å². The van der Waals surface area contributed by atoms with E-state index in [0.29, 0.717) is 11.4 Å². The summed E-state index contributed by atoms with van der Waals surface area (Å²) in [7, 11) is 1.62. The molecule has 4 heteroatoms. The molecule has 0 saturated heterocycles. The number of rotatable bonds is 4.